The van der Waals surface area contributed by atoms with Crippen LogP contribution in [0.15, 0.2) is 12.1 Å². The van der Waals surface area contributed by atoms with Gasteiger partial charge in [-0.1, -0.05) is 11.6 Å². The number of benzene rings is 1. The summed E-state index contributed by atoms with van der Waals surface area (Å²) in [6, 6.07) is 2.45. The molecule has 6 heteroatoms. The van der Waals surface area contributed by atoms with Crippen LogP contribution in [-0.2, 0) is 6.42 Å². The van der Waals surface area contributed by atoms with Crippen LogP contribution in [0, 0.1) is 5.82 Å². The number of nitrogens with zero attached hydrogens (tertiary/aromatic N) is 1. The lowest BCUT2D eigenvalue weighted by atomic mass is 9.94. The summed E-state index contributed by atoms with van der Waals surface area (Å²) in [7, 11) is 0. The van der Waals surface area contributed by atoms with Crippen LogP contribution in [0.1, 0.15) is 28.9 Å². The second-order valence-electron chi connectivity index (χ2n) is 4.48. The summed E-state index contributed by atoms with van der Waals surface area (Å²) in [6.07, 6.45) is 0.193. The van der Waals surface area contributed by atoms with Gasteiger partial charge >= 0.3 is 6.09 Å². The Bertz CT molecular complexity index is 735. The minimum atomic E-state index is -1.26. The molecule has 4 nitrogen and oxygen atoms in total. The van der Waals surface area contributed by atoms with Crippen molar-refractivity contribution >= 4 is 34.4 Å². The maximum atomic E-state index is 13.6. The Labute approximate surface area is 112 Å². The summed E-state index contributed by atoms with van der Waals surface area (Å²) in [5.74, 6) is -0.853. The Morgan fingerprint density at radius 3 is 2.79 bits per heavy atom. The van der Waals surface area contributed by atoms with Crippen molar-refractivity contribution in [3.63, 3.8) is 0 Å². The molecule has 0 spiro atoms. The Hall–Kier alpha value is -1.88. The van der Waals surface area contributed by atoms with Gasteiger partial charge in [0.25, 0.3) is 0 Å². The molecule has 0 bridgehead atoms. The van der Waals surface area contributed by atoms with Crippen LogP contribution in [0.3, 0.4) is 0 Å². The second kappa shape index (κ2) is 4.06. The summed E-state index contributed by atoms with van der Waals surface area (Å²) in [5, 5.41) is 9.50. The van der Waals surface area contributed by atoms with E-state index >= 15 is 0 Å². The molecular weight excluding hydrogens is 273 g/mol. The number of rotatable bonds is 0. The van der Waals surface area contributed by atoms with Gasteiger partial charge in [-0.05, 0) is 30.5 Å². The van der Waals surface area contributed by atoms with E-state index in [0.29, 0.717) is 30.2 Å². The zero-order chi connectivity index (χ0) is 13.7. The monoisotopic (exact) mass is 281 g/mol. The fourth-order valence-electron chi connectivity index (χ4n) is 2.67. The standard InChI is InChI=1S/C13H9ClFNO3/c14-11-7(15)4-5-8-10(11)6-2-1-3-9(17)12(6)16(8)13(18)19/h4-5H,1-3H2,(H,18,19). The molecule has 1 aromatic heterocycles. The van der Waals surface area contributed by atoms with E-state index in [1.54, 1.807) is 0 Å². The summed E-state index contributed by atoms with van der Waals surface area (Å²) in [5.41, 5.74) is 0.929. The number of fused-ring (bicyclic) bond motifs is 3. The number of carbonyl (C=O) groups is 2. The summed E-state index contributed by atoms with van der Waals surface area (Å²) in [6.45, 7) is 0. The predicted molar refractivity (Wildman–Crippen MR) is 67.6 cm³/mol. The van der Waals surface area contributed by atoms with Crippen molar-refractivity contribution in [2.24, 2.45) is 0 Å². The normalized spacial score (nSPS) is 14.7. The molecule has 19 heavy (non-hydrogen) atoms. The molecule has 0 fully saturated rings. The molecule has 0 aliphatic heterocycles. The minimum absolute atomic E-state index is 0.122. The highest BCUT2D eigenvalue weighted by Gasteiger charge is 2.30. The predicted octanol–water partition coefficient (Wildman–Crippen LogP) is 3.48. The molecule has 0 saturated carbocycles. The second-order valence-corrected chi connectivity index (χ2v) is 4.86. The molecule has 0 atom stereocenters. The van der Waals surface area contributed by atoms with Gasteiger partial charge < -0.3 is 5.11 Å². The zero-order valence-electron chi connectivity index (χ0n) is 9.74. The van der Waals surface area contributed by atoms with Crippen LogP contribution in [0.5, 0.6) is 0 Å². The quantitative estimate of drug-likeness (QED) is 0.804. The van der Waals surface area contributed by atoms with E-state index in [9.17, 15) is 19.1 Å². The molecule has 1 aromatic carbocycles. The molecule has 1 aliphatic carbocycles. The number of ketones is 1. The number of Topliss-reactive ketones (excluding diaryl/α,β-unsaturated/α-hetero) is 1. The van der Waals surface area contributed by atoms with E-state index in [1.165, 1.54) is 6.07 Å². The highest BCUT2D eigenvalue weighted by molar-refractivity contribution is 6.36. The minimum Gasteiger partial charge on any atom is -0.464 e. The van der Waals surface area contributed by atoms with Crippen molar-refractivity contribution < 1.29 is 19.1 Å². The van der Waals surface area contributed by atoms with Gasteiger partial charge in [0, 0.05) is 11.8 Å². The molecule has 0 amide bonds. The SMILES string of the molecule is O=C1CCCc2c1n(C(=O)O)c1ccc(F)c(Cl)c21. The average Bonchev–Trinajstić information content (AvgIpc) is 2.70. The molecule has 1 heterocycles. The van der Waals surface area contributed by atoms with Crippen molar-refractivity contribution in [2.45, 2.75) is 19.3 Å². The molecule has 0 saturated heterocycles. The number of hydrogen-bond donors (Lipinski definition) is 1. The van der Waals surface area contributed by atoms with Gasteiger partial charge in [0.15, 0.2) is 5.78 Å². The van der Waals surface area contributed by atoms with Gasteiger partial charge in [0.2, 0.25) is 0 Å². The van der Waals surface area contributed by atoms with Crippen molar-refractivity contribution in [1.82, 2.24) is 4.57 Å². The first-order valence-corrected chi connectivity index (χ1v) is 6.18. The molecule has 3 rings (SSSR count). The molecule has 98 valence electrons. The topological polar surface area (TPSA) is 59.3 Å². The van der Waals surface area contributed by atoms with Gasteiger partial charge in [-0.3, -0.25) is 4.79 Å². The lowest BCUT2D eigenvalue weighted by molar-refractivity contribution is 0.0962. The number of aromatic nitrogens is 1. The number of carboxylic acid groups (broad SMARTS) is 1. The van der Waals surface area contributed by atoms with E-state index in [2.05, 4.69) is 0 Å². The van der Waals surface area contributed by atoms with Gasteiger partial charge in [0.05, 0.1) is 16.2 Å². The third kappa shape index (κ3) is 1.58. The van der Waals surface area contributed by atoms with Crippen molar-refractivity contribution in [2.75, 3.05) is 0 Å². The van der Waals surface area contributed by atoms with E-state index < -0.39 is 11.9 Å². The van der Waals surface area contributed by atoms with Crippen LogP contribution < -0.4 is 0 Å². The fraction of sp³-hybridized carbons (Fsp3) is 0.231. The molecule has 1 aliphatic rings. The van der Waals surface area contributed by atoms with Crippen LogP contribution in [0.25, 0.3) is 10.9 Å². The Kier molecular flexibility index (Phi) is 2.60. The number of aryl methyl sites for hydroxylation is 1. The Morgan fingerprint density at radius 1 is 1.37 bits per heavy atom. The number of carbonyl (C=O) groups excluding carboxylic acids is 1. The number of halogens is 2. The first-order chi connectivity index (χ1) is 9.02. The third-order valence-corrected chi connectivity index (χ3v) is 3.78. The van der Waals surface area contributed by atoms with Crippen molar-refractivity contribution in [3.8, 4) is 0 Å². The first kappa shape index (κ1) is 12.2. The van der Waals surface area contributed by atoms with Gasteiger partial charge in [0.1, 0.15) is 5.82 Å². The lowest BCUT2D eigenvalue weighted by Crippen LogP contribution is -2.19. The highest BCUT2D eigenvalue weighted by Crippen LogP contribution is 2.37. The van der Waals surface area contributed by atoms with Crippen LogP contribution in [0.2, 0.25) is 5.02 Å². The summed E-state index contributed by atoms with van der Waals surface area (Å²) >= 11 is 5.94. The maximum Gasteiger partial charge on any atom is 0.416 e. The lowest BCUT2D eigenvalue weighted by Gasteiger charge is -2.12. The molecule has 0 unspecified atom stereocenters. The van der Waals surface area contributed by atoms with E-state index in [1.807, 2.05) is 0 Å². The molecule has 0 radical (unpaired) electrons. The molecule has 1 N–H and O–H groups in total. The largest absolute Gasteiger partial charge is 0.464 e. The third-order valence-electron chi connectivity index (χ3n) is 3.41. The van der Waals surface area contributed by atoms with Gasteiger partial charge in [-0.25, -0.2) is 13.8 Å². The van der Waals surface area contributed by atoms with Gasteiger partial charge in [-0.15, -0.1) is 0 Å². The smallest absolute Gasteiger partial charge is 0.416 e. The summed E-state index contributed by atoms with van der Waals surface area (Å²) < 4.78 is 14.5. The zero-order valence-corrected chi connectivity index (χ0v) is 10.5. The van der Waals surface area contributed by atoms with E-state index in [4.69, 9.17) is 11.6 Å². The van der Waals surface area contributed by atoms with E-state index in [-0.39, 0.29) is 22.0 Å². The molecule has 2 aromatic rings. The summed E-state index contributed by atoms with van der Waals surface area (Å²) in [4.78, 5) is 23.3. The van der Waals surface area contributed by atoms with Gasteiger partial charge in [-0.2, -0.15) is 0 Å². The van der Waals surface area contributed by atoms with Crippen molar-refractivity contribution in [3.05, 3.63) is 34.2 Å². The number of hydrogen-bond acceptors (Lipinski definition) is 2. The van der Waals surface area contributed by atoms with E-state index in [0.717, 1.165) is 10.6 Å². The first-order valence-electron chi connectivity index (χ1n) is 5.80. The van der Waals surface area contributed by atoms with Crippen LogP contribution in [-0.4, -0.2) is 21.6 Å². The van der Waals surface area contributed by atoms with Crippen LogP contribution >= 0.6 is 11.6 Å². The Balaban J connectivity index is 2.53. The van der Waals surface area contributed by atoms with Crippen molar-refractivity contribution in [1.29, 1.82) is 0 Å². The maximum absolute atomic E-state index is 13.6. The average molecular weight is 282 g/mol. The Morgan fingerprint density at radius 2 is 2.11 bits per heavy atom. The highest BCUT2D eigenvalue weighted by atomic mass is 35.5. The molecular formula is C13H9ClFNO3. The van der Waals surface area contributed by atoms with Crippen LogP contribution in [0.4, 0.5) is 9.18 Å². The fourth-order valence-corrected chi connectivity index (χ4v) is 2.94.